The molecule has 1 aliphatic heterocycles. The lowest BCUT2D eigenvalue weighted by molar-refractivity contribution is -0.148. The van der Waals surface area contributed by atoms with Gasteiger partial charge in [0.2, 0.25) is 0 Å². The van der Waals surface area contributed by atoms with Crippen molar-refractivity contribution in [3.8, 4) is 0 Å². The van der Waals surface area contributed by atoms with Crippen LogP contribution in [-0.4, -0.2) is 23.7 Å². The Balaban J connectivity index is 1.68. The third-order valence-corrected chi connectivity index (χ3v) is 4.96. The first-order chi connectivity index (χ1) is 10.6. The fourth-order valence-electron chi connectivity index (χ4n) is 3.54. The topological polar surface area (TPSA) is 52.6 Å². The van der Waals surface area contributed by atoms with Crippen LogP contribution in [-0.2, 0) is 9.53 Å². The third-order valence-electron chi connectivity index (χ3n) is 4.96. The Labute approximate surface area is 132 Å². The molecule has 3 aliphatic rings. The monoisotopic (exact) mass is 304 g/mol. The molecule has 122 valence electrons. The van der Waals surface area contributed by atoms with E-state index < -0.39 is 6.04 Å². The number of allylic oxidation sites excluding steroid dienone is 2. The maximum atomic E-state index is 12.3. The van der Waals surface area contributed by atoms with Gasteiger partial charge >= 0.3 is 5.97 Å². The van der Waals surface area contributed by atoms with Gasteiger partial charge in [-0.15, -0.1) is 0 Å². The third kappa shape index (κ3) is 3.37. The Hall–Kier alpha value is -1.29. The summed E-state index contributed by atoms with van der Waals surface area (Å²) in [7, 11) is 0. The normalized spacial score (nSPS) is 27.5. The first-order valence-corrected chi connectivity index (χ1v) is 8.59. The molecule has 4 nitrogen and oxygen atoms in total. The molecule has 0 radical (unpaired) electrons. The summed E-state index contributed by atoms with van der Waals surface area (Å²) in [5.74, 6) is 1.36. The molecule has 1 saturated carbocycles. The lowest BCUT2D eigenvalue weighted by atomic mass is 9.91. The summed E-state index contributed by atoms with van der Waals surface area (Å²) in [6, 6.07) is -0.746. The summed E-state index contributed by atoms with van der Waals surface area (Å²) in [6.07, 6.45) is 10.6. The van der Waals surface area contributed by atoms with Gasteiger partial charge in [0.15, 0.2) is 0 Å². The summed E-state index contributed by atoms with van der Waals surface area (Å²) < 4.78 is 5.32. The molecule has 0 saturated heterocycles. The quantitative estimate of drug-likeness (QED) is 0.701. The molecule has 0 spiro atoms. The molecule has 4 heteroatoms. The van der Waals surface area contributed by atoms with Crippen molar-refractivity contribution in [2.45, 2.75) is 58.4 Å². The number of carbonyl (C=O) groups is 1. The van der Waals surface area contributed by atoms with Gasteiger partial charge in [-0.05, 0) is 66.9 Å². The van der Waals surface area contributed by atoms with Crippen LogP contribution in [0.25, 0.3) is 0 Å². The van der Waals surface area contributed by atoms with E-state index in [1.54, 1.807) is 0 Å². The van der Waals surface area contributed by atoms with Gasteiger partial charge in [0.1, 0.15) is 6.04 Å². The smallest absolute Gasteiger partial charge is 0.332 e. The van der Waals surface area contributed by atoms with Gasteiger partial charge in [0.05, 0.1) is 6.61 Å². The lowest BCUT2D eigenvalue weighted by Crippen LogP contribution is -2.39. The molecule has 0 aromatic rings. The molecule has 22 heavy (non-hydrogen) atoms. The van der Waals surface area contributed by atoms with Crippen LogP contribution >= 0.6 is 0 Å². The predicted octanol–water partition coefficient (Wildman–Crippen LogP) is 3.78. The highest BCUT2D eigenvalue weighted by atomic mass is 16.6. The van der Waals surface area contributed by atoms with E-state index in [2.05, 4.69) is 0 Å². The number of hydrogen-bond donors (Lipinski definition) is 0. The Morgan fingerprint density at radius 3 is 2.82 bits per heavy atom. The Bertz CT molecular complexity index is 491. The van der Waals surface area contributed by atoms with E-state index in [4.69, 9.17) is 4.74 Å². The molecule has 0 N–H and O–H groups in total. The van der Waals surface area contributed by atoms with Crippen LogP contribution in [0.1, 0.15) is 52.4 Å². The van der Waals surface area contributed by atoms with Crippen LogP contribution in [0.3, 0.4) is 0 Å². The van der Waals surface area contributed by atoms with Gasteiger partial charge in [-0.3, -0.25) is 0 Å². The van der Waals surface area contributed by atoms with E-state index in [1.807, 2.05) is 19.9 Å². The fourth-order valence-corrected chi connectivity index (χ4v) is 3.54. The first-order valence-electron chi connectivity index (χ1n) is 8.59. The van der Waals surface area contributed by atoms with E-state index in [9.17, 15) is 10.0 Å². The average Bonchev–Trinajstić information content (AvgIpc) is 3.22. The molecule has 1 heterocycles. The first kappa shape index (κ1) is 15.6. The molecule has 1 unspecified atom stereocenters. The summed E-state index contributed by atoms with van der Waals surface area (Å²) in [5, 5.41) is 12.9. The van der Waals surface area contributed by atoms with E-state index in [-0.39, 0.29) is 11.9 Å². The van der Waals surface area contributed by atoms with E-state index in [1.165, 1.54) is 37.5 Å². The van der Waals surface area contributed by atoms with Crippen molar-refractivity contribution in [1.82, 2.24) is 5.06 Å². The van der Waals surface area contributed by atoms with Gasteiger partial charge < -0.3 is 15.0 Å². The van der Waals surface area contributed by atoms with Crippen molar-refractivity contribution in [3.05, 3.63) is 28.6 Å². The van der Waals surface area contributed by atoms with Crippen LogP contribution < -0.4 is 0 Å². The number of carbonyl (C=O) groups excluding carboxylic acids is 1. The van der Waals surface area contributed by atoms with E-state index in [0.717, 1.165) is 29.4 Å². The fraction of sp³-hybridized carbons (Fsp3) is 0.722. The van der Waals surface area contributed by atoms with Gasteiger partial charge in [-0.2, -0.15) is 0 Å². The highest BCUT2D eigenvalue weighted by Crippen LogP contribution is 2.43. The van der Waals surface area contributed by atoms with Crippen molar-refractivity contribution in [2.24, 2.45) is 17.8 Å². The van der Waals surface area contributed by atoms with Crippen molar-refractivity contribution in [1.29, 1.82) is 0 Å². The number of hydroxylamine groups is 2. The zero-order valence-corrected chi connectivity index (χ0v) is 13.6. The summed E-state index contributed by atoms with van der Waals surface area (Å²) >= 11 is 0. The van der Waals surface area contributed by atoms with Gasteiger partial charge in [0, 0.05) is 0 Å². The van der Waals surface area contributed by atoms with Crippen molar-refractivity contribution >= 4 is 5.97 Å². The summed E-state index contributed by atoms with van der Waals surface area (Å²) in [4.78, 5) is 12.3. The molecular weight excluding hydrogens is 278 g/mol. The van der Waals surface area contributed by atoms with E-state index in [0.29, 0.717) is 12.5 Å². The zero-order chi connectivity index (χ0) is 15.7. The van der Waals surface area contributed by atoms with Crippen LogP contribution in [0.4, 0.5) is 0 Å². The standard InChI is InChI=1S/C18H26NO3/c1-12(2)11-22-18(20)17-16-8-7-14(6-5-13-3-4-13)15(16)9-10-19(17)21/h9-10,12-14,17H,3-8,11H2,1-2H3/q-1/t14-,17?/m0/s1. The molecule has 0 bridgehead atoms. The molecule has 2 aliphatic carbocycles. The second-order valence-corrected chi connectivity index (χ2v) is 7.34. The van der Waals surface area contributed by atoms with Gasteiger partial charge in [0.25, 0.3) is 0 Å². The molecule has 0 aromatic carbocycles. The maximum Gasteiger partial charge on any atom is 0.332 e. The molecule has 0 amide bonds. The largest absolute Gasteiger partial charge is 0.758 e. The second-order valence-electron chi connectivity index (χ2n) is 7.34. The number of nitrogens with zero attached hydrogens (tertiary/aromatic N) is 1. The number of hydrogen-bond acceptors (Lipinski definition) is 4. The number of esters is 1. The second kappa shape index (κ2) is 6.45. The van der Waals surface area contributed by atoms with E-state index >= 15 is 0 Å². The Morgan fingerprint density at radius 1 is 1.36 bits per heavy atom. The zero-order valence-electron chi connectivity index (χ0n) is 13.6. The van der Waals surface area contributed by atoms with Gasteiger partial charge in [-0.25, -0.2) is 4.79 Å². The van der Waals surface area contributed by atoms with Gasteiger partial charge in [-0.1, -0.05) is 26.7 Å². The summed E-state index contributed by atoms with van der Waals surface area (Å²) in [5.41, 5.74) is 2.24. The SMILES string of the molecule is CC(C)COC(=O)C1C2=C(C=CN1[O-])[C@@H](CCC1CC1)CC2. The van der Waals surface area contributed by atoms with Crippen LogP contribution in [0.5, 0.6) is 0 Å². The van der Waals surface area contributed by atoms with Crippen LogP contribution in [0.15, 0.2) is 23.4 Å². The molecule has 1 fully saturated rings. The molecule has 0 aromatic heterocycles. The maximum absolute atomic E-state index is 12.3. The van der Waals surface area contributed by atoms with Crippen LogP contribution in [0.2, 0.25) is 0 Å². The molecular formula is C18H26NO3-. The minimum atomic E-state index is -0.746. The lowest BCUT2D eigenvalue weighted by Gasteiger charge is -2.38. The van der Waals surface area contributed by atoms with Crippen molar-refractivity contribution in [3.63, 3.8) is 0 Å². The highest BCUT2D eigenvalue weighted by molar-refractivity contribution is 5.81. The molecule has 3 rings (SSSR count). The molecule has 2 atom stereocenters. The number of ether oxygens (including phenoxy) is 1. The number of rotatable bonds is 6. The van der Waals surface area contributed by atoms with Crippen molar-refractivity contribution < 1.29 is 9.53 Å². The summed E-state index contributed by atoms with van der Waals surface area (Å²) in [6.45, 7) is 4.37. The predicted molar refractivity (Wildman–Crippen MR) is 85.6 cm³/mol. The Kier molecular flexibility index (Phi) is 4.57. The average molecular weight is 304 g/mol. The highest BCUT2D eigenvalue weighted by Gasteiger charge is 2.36. The Morgan fingerprint density at radius 2 is 2.14 bits per heavy atom. The van der Waals surface area contributed by atoms with Crippen molar-refractivity contribution in [2.75, 3.05) is 6.61 Å². The minimum Gasteiger partial charge on any atom is -0.758 e. The van der Waals surface area contributed by atoms with Crippen LogP contribution in [0, 0.1) is 23.0 Å². The minimum absolute atomic E-state index is 0.284.